The Balaban J connectivity index is 2.96. The van der Waals surface area contributed by atoms with E-state index in [2.05, 4.69) is 30.7 Å². The number of rotatable bonds is 4. The highest BCUT2D eigenvalue weighted by molar-refractivity contribution is 5.25. The van der Waals surface area contributed by atoms with Crippen LogP contribution >= 0.6 is 0 Å². The molecule has 1 heterocycles. The zero-order chi connectivity index (χ0) is 13.1. The molecule has 0 spiro atoms. The molecule has 0 saturated carbocycles. The molecule has 0 aliphatic heterocycles. The Morgan fingerprint density at radius 1 is 1.29 bits per heavy atom. The normalized spacial score (nSPS) is 13.3. The molecule has 2 N–H and O–H groups in total. The van der Waals surface area contributed by atoms with E-state index in [4.69, 9.17) is 15.2 Å². The maximum atomic E-state index is 6.13. The molecular weight excluding hydrogens is 218 g/mol. The van der Waals surface area contributed by atoms with Gasteiger partial charge in [-0.05, 0) is 11.8 Å². The van der Waals surface area contributed by atoms with Crippen LogP contribution in [0.4, 0.5) is 0 Å². The summed E-state index contributed by atoms with van der Waals surface area (Å²) < 4.78 is 10.2. The minimum absolute atomic E-state index is 0.131. The first-order valence-corrected chi connectivity index (χ1v) is 5.58. The largest absolute Gasteiger partial charge is 0.480 e. The molecule has 0 aromatic carbocycles. The van der Waals surface area contributed by atoms with Crippen LogP contribution in [0.3, 0.4) is 0 Å². The molecule has 1 aromatic heterocycles. The van der Waals surface area contributed by atoms with E-state index in [1.54, 1.807) is 13.3 Å². The van der Waals surface area contributed by atoms with Crippen LogP contribution < -0.4 is 15.2 Å². The van der Waals surface area contributed by atoms with E-state index in [1.165, 1.54) is 7.11 Å². The summed E-state index contributed by atoms with van der Waals surface area (Å²) in [6, 6.07) is -0.191. The van der Waals surface area contributed by atoms with Crippen LogP contribution in [-0.4, -0.2) is 24.2 Å². The van der Waals surface area contributed by atoms with Crippen LogP contribution in [0.15, 0.2) is 6.20 Å². The van der Waals surface area contributed by atoms with Crippen LogP contribution in [0.2, 0.25) is 0 Å². The Kier molecular flexibility index (Phi) is 4.28. The fourth-order valence-electron chi connectivity index (χ4n) is 1.63. The lowest BCUT2D eigenvalue weighted by molar-refractivity contribution is 0.320. The van der Waals surface area contributed by atoms with Crippen molar-refractivity contribution in [3.8, 4) is 11.8 Å². The maximum Gasteiger partial charge on any atom is 0.240 e. The van der Waals surface area contributed by atoms with Crippen molar-refractivity contribution in [1.82, 2.24) is 9.97 Å². The van der Waals surface area contributed by atoms with Gasteiger partial charge >= 0.3 is 0 Å². The van der Waals surface area contributed by atoms with Crippen molar-refractivity contribution in [2.24, 2.45) is 11.1 Å². The Morgan fingerprint density at radius 3 is 2.41 bits per heavy atom. The lowest BCUT2D eigenvalue weighted by Crippen LogP contribution is -2.21. The summed E-state index contributed by atoms with van der Waals surface area (Å²) in [5.74, 6) is 0.856. The van der Waals surface area contributed by atoms with Gasteiger partial charge in [0.05, 0.1) is 26.5 Å². The summed E-state index contributed by atoms with van der Waals surface area (Å²) >= 11 is 0. The predicted octanol–water partition coefficient (Wildman–Crippen LogP) is 1.93. The molecule has 1 aromatic rings. The number of hydrogen-bond acceptors (Lipinski definition) is 5. The van der Waals surface area contributed by atoms with Gasteiger partial charge in [-0.15, -0.1) is 0 Å². The average molecular weight is 239 g/mol. The van der Waals surface area contributed by atoms with E-state index >= 15 is 0 Å². The minimum atomic E-state index is -0.191. The summed E-state index contributed by atoms with van der Waals surface area (Å²) in [5.41, 5.74) is 6.93. The average Bonchev–Trinajstić information content (AvgIpc) is 2.25. The Bertz CT molecular complexity index is 375. The quantitative estimate of drug-likeness (QED) is 0.869. The summed E-state index contributed by atoms with van der Waals surface area (Å²) in [6.45, 7) is 6.41. The number of aromatic nitrogens is 2. The van der Waals surface area contributed by atoms with E-state index < -0.39 is 0 Å². The molecule has 5 heteroatoms. The monoisotopic (exact) mass is 239 g/mol. The summed E-state index contributed by atoms with van der Waals surface area (Å²) in [4.78, 5) is 8.44. The number of ether oxygens (including phenoxy) is 2. The Labute approximate surface area is 102 Å². The molecule has 0 saturated heterocycles. The molecule has 1 atom stereocenters. The van der Waals surface area contributed by atoms with E-state index in [0.717, 1.165) is 6.42 Å². The van der Waals surface area contributed by atoms with Gasteiger partial charge in [0.1, 0.15) is 5.69 Å². The Hall–Kier alpha value is -1.36. The molecule has 17 heavy (non-hydrogen) atoms. The van der Waals surface area contributed by atoms with Crippen LogP contribution in [0.1, 0.15) is 38.9 Å². The first-order valence-electron chi connectivity index (χ1n) is 5.58. The number of nitrogens with zero attached hydrogens (tertiary/aromatic N) is 2. The number of nitrogens with two attached hydrogens (primary N) is 1. The lowest BCUT2D eigenvalue weighted by atomic mass is 9.87. The highest BCUT2D eigenvalue weighted by Gasteiger charge is 2.22. The smallest absolute Gasteiger partial charge is 0.240 e. The molecule has 0 fully saturated rings. The molecule has 0 aliphatic rings. The van der Waals surface area contributed by atoms with Crippen LogP contribution in [0, 0.1) is 5.41 Å². The van der Waals surface area contributed by atoms with Gasteiger partial charge in [0.15, 0.2) is 0 Å². The lowest BCUT2D eigenvalue weighted by Gasteiger charge is -2.23. The topological polar surface area (TPSA) is 70.3 Å². The summed E-state index contributed by atoms with van der Waals surface area (Å²) in [5, 5.41) is 0. The molecule has 0 radical (unpaired) electrons. The van der Waals surface area contributed by atoms with Crippen molar-refractivity contribution >= 4 is 0 Å². The van der Waals surface area contributed by atoms with E-state index in [0.29, 0.717) is 17.5 Å². The highest BCUT2D eigenvalue weighted by atomic mass is 16.5. The van der Waals surface area contributed by atoms with Gasteiger partial charge in [0, 0.05) is 0 Å². The molecule has 96 valence electrons. The first-order chi connectivity index (χ1) is 7.87. The van der Waals surface area contributed by atoms with Crippen LogP contribution in [-0.2, 0) is 0 Å². The minimum Gasteiger partial charge on any atom is -0.480 e. The second-order valence-corrected chi connectivity index (χ2v) is 5.18. The van der Waals surface area contributed by atoms with Crippen molar-refractivity contribution < 1.29 is 9.47 Å². The van der Waals surface area contributed by atoms with Crippen molar-refractivity contribution in [2.75, 3.05) is 14.2 Å². The molecule has 5 nitrogen and oxygen atoms in total. The predicted molar refractivity (Wildman–Crippen MR) is 66.1 cm³/mol. The van der Waals surface area contributed by atoms with E-state index in [1.807, 2.05) is 0 Å². The first kappa shape index (κ1) is 13.7. The van der Waals surface area contributed by atoms with Crippen molar-refractivity contribution in [1.29, 1.82) is 0 Å². The van der Waals surface area contributed by atoms with Gasteiger partial charge in [0.25, 0.3) is 0 Å². The number of methoxy groups -OCH3 is 2. The second kappa shape index (κ2) is 5.31. The van der Waals surface area contributed by atoms with Gasteiger partial charge < -0.3 is 15.2 Å². The molecule has 1 unspecified atom stereocenters. The number of hydrogen-bond donors (Lipinski definition) is 1. The highest BCUT2D eigenvalue weighted by Crippen LogP contribution is 2.30. The van der Waals surface area contributed by atoms with E-state index in [-0.39, 0.29) is 11.5 Å². The van der Waals surface area contributed by atoms with Crippen molar-refractivity contribution in [3.63, 3.8) is 0 Å². The van der Waals surface area contributed by atoms with Gasteiger partial charge in [-0.2, -0.15) is 4.98 Å². The summed E-state index contributed by atoms with van der Waals surface area (Å²) in [6.07, 6.45) is 2.37. The molecule has 0 bridgehead atoms. The third-order valence-corrected chi connectivity index (χ3v) is 2.33. The third-order valence-electron chi connectivity index (χ3n) is 2.33. The fourth-order valence-corrected chi connectivity index (χ4v) is 1.63. The second-order valence-electron chi connectivity index (χ2n) is 5.18. The van der Waals surface area contributed by atoms with Gasteiger partial charge in [-0.3, -0.25) is 0 Å². The van der Waals surface area contributed by atoms with Crippen molar-refractivity contribution in [2.45, 2.75) is 33.2 Å². The van der Waals surface area contributed by atoms with Crippen LogP contribution in [0.5, 0.6) is 11.8 Å². The fraction of sp³-hybridized carbons (Fsp3) is 0.667. The van der Waals surface area contributed by atoms with Gasteiger partial charge in [0.2, 0.25) is 11.8 Å². The SMILES string of the molecule is COc1cnc(C(N)CC(C)(C)C)c(OC)n1. The zero-order valence-corrected chi connectivity index (χ0v) is 11.2. The zero-order valence-electron chi connectivity index (χ0n) is 11.2. The van der Waals surface area contributed by atoms with E-state index in [9.17, 15) is 0 Å². The maximum absolute atomic E-state index is 6.13. The summed E-state index contributed by atoms with van der Waals surface area (Å²) in [7, 11) is 3.09. The molecule has 1 rings (SSSR count). The molecule has 0 amide bonds. The molecular formula is C12H21N3O2. The van der Waals surface area contributed by atoms with Crippen LogP contribution in [0.25, 0.3) is 0 Å². The van der Waals surface area contributed by atoms with Gasteiger partial charge in [-0.25, -0.2) is 4.98 Å². The van der Waals surface area contributed by atoms with Gasteiger partial charge in [-0.1, -0.05) is 20.8 Å². The third kappa shape index (κ3) is 3.85. The van der Waals surface area contributed by atoms with Crippen molar-refractivity contribution in [3.05, 3.63) is 11.9 Å². The Morgan fingerprint density at radius 2 is 1.94 bits per heavy atom. The standard InChI is InChI=1S/C12H21N3O2/c1-12(2,3)6-8(13)10-11(17-5)15-9(16-4)7-14-10/h7-8H,6,13H2,1-5H3. The molecule has 0 aliphatic carbocycles.